The second kappa shape index (κ2) is 5.35. The molecule has 4 nitrogen and oxygen atoms in total. The molecule has 0 aliphatic heterocycles. The van der Waals surface area contributed by atoms with Gasteiger partial charge in [-0.05, 0) is 33.6 Å². The lowest BCUT2D eigenvalue weighted by Gasteiger charge is -2.25. The summed E-state index contributed by atoms with van der Waals surface area (Å²) in [6, 6.07) is -0.306. The molecule has 0 spiro atoms. The molecule has 0 aromatic heterocycles. The van der Waals surface area contributed by atoms with Gasteiger partial charge in [-0.25, -0.2) is 4.79 Å². The maximum atomic E-state index is 11.4. The maximum Gasteiger partial charge on any atom is 0.407 e. The molecule has 0 aromatic carbocycles. The number of hydrogen-bond acceptors (Lipinski definition) is 3. The first-order valence-corrected chi connectivity index (χ1v) is 5.31. The predicted molar refractivity (Wildman–Crippen MR) is 59.7 cm³/mol. The van der Waals surface area contributed by atoms with Crippen LogP contribution >= 0.6 is 0 Å². The number of aliphatic hydroxyl groups excluding tert-OH is 1. The lowest BCUT2D eigenvalue weighted by Crippen LogP contribution is -2.45. The van der Waals surface area contributed by atoms with E-state index in [0.717, 1.165) is 0 Å². The first-order valence-electron chi connectivity index (χ1n) is 5.31. The zero-order chi connectivity index (χ0) is 12.2. The van der Waals surface area contributed by atoms with Crippen LogP contribution in [0.2, 0.25) is 0 Å². The summed E-state index contributed by atoms with van der Waals surface area (Å²) in [4.78, 5) is 11.4. The highest BCUT2D eigenvalue weighted by molar-refractivity contribution is 5.68. The number of alkyl carbamates (subject to hydrolysis) is 1. The van der Waals surface area contributed by atoms with E-state index in [0.29, 0.717) is 0 Å². The Balaban J connectivity index is 4.08. The first kappa shape index (κ1) is 14.2. The Morgan fingerprint density at radius 3 is 2.07 bits per heavy atom. The topological polar surface area (TPSA) is 58.6 Å². The molecule has 90 valence electrons. The van der Waals surface area contributed by atoms with Crippen molar-refractivity contribution in [2.45, 2.75) is 59.3 Å². The van der Waals surface area contributed by atoms with Crippen molar-refractivity contribution < 1.29 is 14.6 Å². The van der Waals surface area contributed by atoms with Crippen LogP contribution in [-0.2, 0) is 4.74 Å². The summed E-state index contributed by atoms with van der Waals surface area (Å²) in [5.74, 6) is 0.106. The Morgan fingerprint density at radius 2 is 1.73 bits per heavy atom. The molecule has 0 saturated carbocycles. The van der Waals surface area contributed by atoms with Crippen molar-refractivity contribution in [3.63, 3.8) is 0 Å². The van der Waals surface area contributed by atoms with Crippen molar-refractivity contribution in [1.82, 2.24) is 5.32 Å². The van der Waals surface area contributed by atoms with Crippen LogP contribution in [0, 0.1) is 5.92 Å². The molecular formula is C11H23NO3. The molecule has 4 heteroatoms. The van der Waals surface area contributed by atoms with Crippen molar-refractivity contribution >= 4 is 6.09 Å². The number of nitrogens with one attached hydrogen (secondary N) is 1. The second-order valence-corrected chi connectivity index (χ2v) is 5.17. The van der Waals surface area contributed by atoms with Crippen molar-refractivity contribution in [2.75, 3.05) is 0 Å². The number of ether oxygens (including phenoxy) is 1. The summed E-state index contributed by atoms with van der Waals surface area (Å²) in [5, 5.41) is 12.3. The molecule has 1 amide bonds. The van der Waals surface area contributed by atoms with Gasteiger partial charge < -0.3 is 15.2 Å². The summed E-state index contributed by atoms with van der Waals surface area (Å²) in [5.41, 5.74) is -0.507. The Bertz CT molecular complexity index is 208. The number of amides is 1. The third kappa shape index (κ3) is 6.33. The fourth-order valence-corrected chi connectivity index (χ4v) is 1.16. The molecule has 15 heavy (non-hydrogen) atoms. The van der Waals surface area contributed by atoms with E-state index in [1.54, 1.807) is 27.7 Å². The molecule has 2 N–H and O–H groups in total. The SMILES string of the molecule is CC(C)C(O)C(C)NC(=O)OC(C)(C)C. The lowest BCUT2D eigenvalue weighted by atomic mass is 10.0. The lowest BCUT2D eigenvalue weighted by molar-refractivity contribution is 0.0382. The molecule has 0 aliphatic carbocycles. The summed E-state index contributed by atoms with van der Waals surface area (Å²) in [6.07, 6.45) is -1.05. The molecule has 0 fully saturated rings. The van der Waals surface area contributed by atoms with Crippen molar-refractivity contribution in [1.29, 1.82) is 0 Å². The highest BCUT2D eigenvalue weighted by atomic mass is 16.6. The molecule has 0 aliphatic rings. The Morgan fingerprint density at radius 1 is 1.27 bits per heavy atom. The van der Waals surface area contributed by atoms with Crippen LogP contribution in [0.3, 0.4) is 0 Å². The van der Waals surface area contributed by atoms with Crippen molar-refractivity contribution in [2.24, 2.45) is 5.92 Å². The zero-order valence-electron chi connectivity index (χ0n) is 10.5. The minimum absolute atomic E-state index is 0.106. The van der Waals surface area contributed by atoms with Gasteiger partial charge in [-0.1, -0.05) is 13.8 Å². The van der Waals surface area contributed by atoms with E-state index in [-0.39, 0.29) is 12.0 Å². The van der Waals surface area contributed by atoms with Gasteiger partial charge in [0.05, 0.1) is 12.1 Å². The Labute approximate surface area is 92.0 Å². The van der Waals surface area contributed by atoms with Crippen LogP contribution in [0.25, 0.3) is 0 Å². The molecule has 0 rings (SSSR count). The van der Waals surface area contributed by atoms with E-state index in [2.05, 4.69) is 5.32 Å². The largest absolute Gasteiger partial charge is 0.444 e. The highest BCUT2D eigenvalue weighted by Gasteiger charge is 2.22. The van der Waals surface area contributed by atoms with E-state index >= 15 is 0 Å². The molecule has 2 atom stereocenters. The van der Waals surface area contributed by atoms with Crippen LogP contribution in [0.1, 0.15) is 41.5 Å². The third-order valence-electron chi connectivity index (χ3n) is 1.94. The Hall–Kier alpha value is -0.770. The minimum Gasteiger partial charge on any atom is -0.444 e. The third-order valence-corrected chi connectivity index (χ3v) is 1.94. The average molecular weight is 217 g/mol. The summed E-state index contributed by atoms with van der Waals surface area (Å²) in [6.45, 7) is 11.0. The average Bonchev–Trinajstić information content (AvgIpc) is 1.98. The summed E-state index contributed by atoms with van der Waals surface area (Å²) >= 11 is 0. The maximum absolute atomic E-state index is 11.4. The van der Waals surface area contributed by atoms with Gasteiger partial charge in [-0.3, -0.25) is 0 Å². The van der Waals surface area contributed by atoms with Gasteiger partial charge in [0.2, 0.25) is 0 Å². The predicted octanol–water partition coefficient (Wildman–Crippen LogP) is 1.92. The minimum atomic E-state index is -0.558. The fraction of sp³-hybridized carbons (Fsp3) is 0.909. The normalized spacial score (nSPS) is 16.0. The van der Waals surface area contributed by atoms with Gasteiger partial charge in [0.25, 0.3) is 0 Å². The van der Waals surface area contributed by atoms with Gasteiger partial charge in [-0.2, -0.15) is 0 Å². The van der Waals surface area contributed by atoms with Crippen LogP contribution in [0.5, 0.6) is 0 Å². The van der Waals surface area contributed by atoms with Gasteiger partial charge in [-0.15, -0.1) is 0 Å². The van der Waals surface area contributed by atoms with Gasteiger partial charge in [0, 0.05) is 0 Å². The van der Waals surface area contributed by atoms with Crippen LogP contribution in [0.15, 0.2) is 0 Å². The van der Waals surface area contributed by atoms with Gasteiger partial charge in [0.1, 0.15) is 5.60 Å². The van der Waals surface area contributed by atoms with E-state index in [1.807, 2.05) is 13.8 Å². The number of rotatable bonds is 3. The van der Waals surface area contributed by atoms with E-state index in [1.165, 1.54) is 0 Å². The van der Waals surface area contributed by atoms with Crippen molar-refractivity contribution in [3.8, 4) is 0 Å². The molecule has 0 heterocycles. The first-order chi connectivity index (χ1) is 6.63. The smallest absolute Gasteiger partial charge is 0.407 e. The standard InChI is InChI=1S/C11H23NO3/c1-7(2)9(13)8(3)12-10(14)15-11(4,5)6/h7-9,13H,1-6H3,(H,12,14). The molecule has 0 aromatic rings. The number of carbonyl (C=O) groups excluding carboxylic acids is 1. The van der Waals surface area contributed by atoms with Gasteiger partial charge >= 0.3 is 6.09 Å². The highest BCUT2D eigenvalue weighted by Crippen LogP contribution is 2.09. The van der Waals surface area contributed by atoms with E-state index in [9.17, 15) is 9.90 Å². The summed E-state index contributed by atoms with van der Waals surface area (Å²) < 4.78 is 5.08. The molecule has 0 radical (unpaired) electrons. The van der Waals surface area contributed by atoms with E-state index < -0.39 is 17.8 Å². The molecule has 0 bridgehead atoms. The monoisotopic (exact) mass is 217 g/mol. The summed E-state index contributed by atoms with van der Waals surface area (Å²) in [7, 11) is 0. The van der Waals surface area contributed by atoms with Crippen molar-refractivity contribution in [3.05, 3.63) is 0 Å². The molecule has 0 saturated heterocycles. The molecule has 2 unspecified atom stereocenters. The quantitative estimate of drug-likeness (QED) is 0.759. The number of hydrogen-bond donors (Lipinski definition) is 2. The fourth-order valence-electron chi connectivity index (χ4n) is 1.16. The molecular weight excluding hydrogens is 194 g/mol. The number of carbonyl (C=O) groups is 1. The second-order valence-electron chi connectivity index (χ2n) is 5.17. The zero-order valence-corrected chi connectivity index (χ0v) is 10.5. The number of aliphatic hydroxyl groups is 1. The van der Waals surface area contributed by atoms with Gasteiger partial charge in [0.15, 0.2) is 0 Å². The van der Waals surface area contributed by atoms with Crippen LogP contribution in [-0.4, -0.2) is 28.9 Å². The Kier molecular flexibility index (Phi) is 5.08. The van der Waals surface area contributed by atoms with E-state index in [4.69, 9.17) is 4.74 Å². The van der Waals surface area contributed by atoms with Crippen LogP contribution in [0.4, 0.5) is 4.79 Å². The van der Waals surface area contributed by atoms with Crippen LogP contribution < -0.4 is 5.32 Å².